The molecule has 1 fully saturated rings. The van der Waals surface area contributed by atoms with Gasteiger partial charge in [0.1, 0.15) is 0 Å². The number of aryl methyl sites for hydroxylation is 3. The summed E-state index contributed by atoms with van der Waals surface area (Å²) in [5.74, 6) is 0.523. The fourth-order valence-electron chi connectivity index (χ4n) is 3.80. The minimum absolute atomic E-state index is 0.0172. The number of piperidine rings is 1. The van der Waals surface area contributed by atoms with Crippen LogP contribution in [0.3, 0.4) is 0 Å². The van der Waals surface area contributed by atoms with Crippen LogP contribution in [0.25, 0.3) is 11.0 Å². The number of aromatic nitrogens is 3. The molecule has 1 aliphatic heterocycles. The number of carbonyl (C=O) groups is 1. The molecule has 7 nitrogen and oxygen atoms in total. The molecular weight excluding hydrogens is 330 g/mol. The van der Waals surface area contributed by atoms with E-state index in [1.165, 1.54) is 6.42 Å². The van der Waals surface area contributed by atoms with Crippen LogP contribution in [0.15, 0.2) is 6.07 Å². The van der Waals surface area contributed by atoms with Crippen molar-refractivity contribution in [1.29, 1.82) is 0 Å². The molecule has 0 spiro atoms. The summed E-state index contributed by atoms with van der Waals surface area (Å²) in [5.41, 5.74) is 2.79. The van der Waals surface area contributed by atoms with Gasteiger partial charge in [0.15, 0.2) is 12.3 Å². The molecule has 0 bridgehead atoms. The van der Waals surface area contributed by atoms with Gasteiger partial charge in [0.2, 0.25) is 5.88 Å². The molecule has 0 N–H and O–H groups in total. The lowest BCUT2D eigenvalue weighted by Crippen LogP contribution is -2.49. The Morgan fingerprint density at radius 2 is 2.12 bits per heavy atom. The normalized spacial score (nSPS) is 17.9. The molecule has 7 heteroatoms. The number of rotatable bonds is 5. The molecule has 0 radical (unpaired) electrons. The molecule has 1 atom stereocenters. The van der Waals surface area contributed by atoms with Crippen LogP contribution in [0, 0.1) is 13.8 Å². The first kappa shape index (κ1) is 18.6. The van der Waals surface area contributed by atoms with E-state index in [2.05, 4.69) is 15.0 Å². The van der Waals surface area contributed by atoms with Gasteiger partial charge in [-0.1, -0.05) is 0 Å². The number of amides is 1. The van der Waals surface area contributed by atoms with Crippen molar-refractivity contribution in [1.82, 2.24) is 24.6 Å². The minimum Gasteiger partial charge on any atom is -0.466 e. The number of likely N-dealkylation sites (tertiary alicyclic amines) is 1. The Kier molecular flexibility index (Phi) is 5.46. The standard InChI is InChI=1S/C19H29N5O2/c1-13-10-14(2)20-18-17(13)19(21-23(18)5)26-12-16(25)24-9-7-6-8-15(24)11-22(3)4/h10,15H,6-9,11-12H2,1-5H3. The van der Waals surface area contributed by atoms with Gasteiger partial charge in [-0.25, -0.2) is 9.67 Å². The van der Waals surface area contributed by atoms with Gasteiger partial charge in [-0.3, -0.25) is 4.79 Å². The van der Waals surface area contributed by atoms with E-state index in [1.807, 2.05) is 46.0 Å². The van der Waals surface area contributed by atoms with Gasteiger partial charge in [-0.2, -0.15) is 0 Å². The molecule has 26 heavy (non-hydrogen) atoms. The van der Waals surface area contributed by atoms with Crippen LogP contribution in [0.4, 0.5) is 0 Å². The summed E-state index contributed by atoms with van der Waals surface area (Å²) >= 11 is 0. The maximum atomic E-state index is 12.8. The topological polar surface area (TPSA) is 63.5 Å². The van der Waals surface area contributed by atoms with Crippen molar-refractivity contribution in [2.75, 3.05) is 33.8 Å². The Morgan fingerprint density at radius 1 is 1.35 bits per heavy atom. The average molecular weight is 359 g/mol. The number of hydrogen-bond donors (Lipinski definition) is 0. The van der Waals surface area contributed by atoms with Gasteiger partial charge in [-0.15, -0.1) is 5.10 Å². The molecule has 1 aliphatic rings. The quantitative estimate of drug-likeness (QED) is 0.816. The number of ether oxygens (including phenoxy) is 1. The molecule has 0 aromatic carbocycles. The van der Waals surface area contributed by atoms with Crippen molar-refractivity contribution in [3.63, 3.8) is 0 Å². The van der Waals surface area contributed by atoms with Crippen molar-refractivity contribution in [3.8, 4) is 5.88 Å². The monoisotopic (exact) mass is 359 g/mol. The van der Waals surface area contributed by atoms with E-state index in [0.717, 1.165) is 48.2 Å². The molecule has 1 saturated heterocycles. The van der Waals surface area contributed by atoms with Crippen LogP contribution >= 0.6 is 0 Å². The summed E-state index contributed by atoms with van der Waals surface area (Å²) in [7, 11) is 5.94. The smallest absolute Gasteiger partial charge is 0.260 e. The van der Waals surface area contributed by atoms with Crippen LogP contribution in [-0.4, -0.2) is 70.3 Å². The molecule has 0 aliphatic carbocycles. The first-order valence-corrected chi connectivity index (χ1v) is 9.24. The van der Waals surface area contributed by atoms with E-state index in [1.54, 1.807) is 4.68 Å². The Morgan fingerprint density at radius 3 is 2.85 bits per heavy atom. The lowest BCUT2D eigenvalue weighted by molar-refractivity contribution is -0.137. The van der Waals surface area contributed by atoms with Crippen molar-refractivity contribution in [2.24, 2.45) is 7.05 Å². The highest BCUT2D eigenvalue weighted by Crippen LogP contribution is 2.27. The van der Waals surface area contributed by atoms with E-state index < -0.39 is 0 Å². The summed E-state index contributed by atoms with van der Waals surface area (Å²) in [6.45, 7) is 5.70. The van der Waals surface area contributed by atoms with Crippen LogP contribution in [0.5, 0.6) is 5.88 Å². The van der Waals surface area contributed by atoms with Gasteiger partial charge in [0.25, 0.3) is 5.91 Å². The zero-order chi connectivity index (χ0) is 18.8. The molecule has 2 aromatic heterocycles. The fourth-order valence-corrected chi connectivity index (χ4v) is 3.80. The fraction of sp³-hybridized carbons (Fsp3) is 0.632. The molecule has 142 valence electrons. The van der Waals surface area contributed by atoms with Crippen LogP contribution in [-0.2, 0) is 11.8 Å². The first-order valence-electron chi connectivity index (χ1n) is 9.24. The van der Waals surface area contributed by atoms with E-state index >= 15 is 0 Å². The van der Waals surface area contributed by atoms with Gasteiger partial charge in [0.05, 0.1) is 5.39 Å². The van der Waals surface area contributed by atoms with Crippen molar-refractivity contribution < 1.29 is 9.53 Å². The second kappa shape index (κ2) is 7.61. The van der Waals surface area contributed by atoms with E-state index in [9.17, 15) is 4.79 Å². The molecule has 2 aromatic rings. The van der Waals surface area contributed by atoms with E-state index in [4.69, 9.17) is 4.74 Å². The maximum Gasteiger partial charge on any atom is 0.260 e. The maximum absolute atomic E-state index is 12.8. The molecule has 1 unspecified atom stereocenters. The van der Waals surface area contributed by atoms with Crippen LogP contribution < -0.4 is 4.74 Å². The number of fused-ring (bicyclic) bond motifs is 1. The molecular formula is C19H29N5O2. The third-order valence-corrected chi connectivity index (χ3v) is 4.94. The number of nitrogens with zero attached hydrogens (tertiary/aromatic N) is 5. The number of pyridine rings is 1. The predicted octanol–water partition coefficient (Wildman–Crippen LogP) is 1.91. The number of likely N-dealkylation sites (N-methyl/N-ethyl adjacent to an activating group) is 1. The van der Waals surface area contributed by atoms with Gasteiger partial charge in [-0.05, 0) is 58.8 Å². The third kappa shape index (κ3) is 3.82. The Labute approximate surface area is 154 Å². The predicted molar refractivity (Wildman–Crippen MR) is 101 cm³/mol. The summed E-state index contributed by atoms with van der Waals surface area (Å²) in [4.78, 5) is 21.4. The largest absolute Gasteiger partial charge is 0.466 e. The van der Waals surface area contributed by atoms with Gasteiger partial charge >= 0.3 is 0 Å². The highest BCUT2D eigenvalue weighted by atomic mass is 16.5. The van der Waals surface area contributed by atoms with Crippen LogP contribution in [0.2, 0.25) is 0 Å². The van der Waals surface area contributed by atoms with Crippen LogP contribution in [0.1, 0.15) is 30.5 Å². The SMILES string of the molecule is Cc1cc(C)c2c(OCC(=O)N3CCCCC3CN(C)C)nn(C)c2n1. The third-order valence-electron chi connectivity index (χ3n) is 4.94. The van der Waals surface area contributed by atoms with Crippen molar-refractivity contribution in [3.05, 3.63) is 17.3 Å². The summed E-state index contributed by atoms with van der Waals surface area (Å²) in [6.07, 6.45) is 3.29. The van der Waals surface area contributed by atoms with E-state index in [0.29, 0.717) is 5.88 Å². The lowest BCUT2D eigenvalue weighted by Gasteiger charge is -2.37. The summed E-state index contributed by atoms with van der Waals surface area (Å²) < 4.78 is 7.57. The molecule has 3 heterocycles. The molecule has 3 rings (SSSR count). The van der Waals surface area contributed by atoms with Gasteiger partial charge < -0.3 is 14.5 Å². The first-order chi connectivity index (χ1) is 12.4. The van der Waals surface area contributed by atoms with Crippen molar-refractivity contribution >= 4 is 16.9 Å². The second-order valence-electron chi connectivity index (χ2n) is 7.50. The summed E-state index contributed by atoms with van der Waals surface area (Å²) in [6, 6.07) is 2.28. The minimum atomic E-state index is 0.0172. The number of carbonyl (C=O) groups excluding carboxylic acids is 1. The zero-order valence-electron chi connectivity index (χ0n) is 16.4. The molecule has 0 saturated carbocycles. The highest BCUT2D eigenvalue weighted by Gasteiger charge is 2.27. The average Bonchev–Trinajstić information content (AvgIpc) is 2.89. The Bertz CT molecular complexity index is 799. The Balaban J connectivity index is 1.74. The van der Waals surface area contributed by atoms with Crippen molar-refractivity contribution in [2.45, 2.75) is 39.2 Å². The van der Waals surface area contributed by atoms with Gasteiger partial charge in [0, 0.05) is 31.9 Å². The lowest BCUT2D eigenvalue weighted by atomic mass is 10.0. The Hall–Kier alpha value is -2.15. The second-order valence-corrected chi connectivity index (χ2v) is 7.50. The molecule has 1 amide bonds. The van der Waals surface area contributed by atoms with E-state index in [-0.39, 0.29) is 18.6 Å². The number of hydrogen-bond acceptors (Lipinski definition) is 5. The zero-order valence-corrected chi connectivity index (χ0v) is 16.4. The highest BCUT2D eigenvalue weighted by molar-refractivity contribution is 5.85. The summed E-state index contributed by atoms with van der Waals surface area (Å²) in [5, 5.41) is 5.31.